The number of sulfone groups is 1. The van der Waals surface area contributed by atoms with Crippen molar-refractivity contribution in [3.63, 3.8) is 0 Å². The molecule has 3 amide bonds. The molecule has 0 saturated heterocycles. The summed E-state index contributed by atoms with van der Waals surface area (Å²) in [5.41, 5.74) is 7.34. The molecule has 4 aromatic carbocycles. The SMILES string of the molecule is CN[C@@H](C)C(=O)N[C@@H](C)C(=O)N1Cc2cc(OCCOCCOCCNCCc3cc(OC)c(Nc4ncc(Cl)c(Nc5ccccc5S(=O)(=O)C(C)C)n4)cc3C)ccc2C[C@H]1C(=O)N[C@@H]1CCCc2ccccc21. The highest BCUT2D eigenvalue weighted by molar-refractivity contribution is 7.92. The van der Waals surface area contributed by atoms with Crippen molar-refractivity contribution < 1.29 is 41.7 Å². The van der Waals surface area contributed by atoms with E-state index in [0.29, 0.717) is 75.4 Å². The van der Waals surface area contributed by atoms with Crippen LogP contribution in [0.2, 0.25) is 5.02 Å². The zero-order chi connectivity index (χ0) is 54.4. The van der Waals surface area contributed by atoms with Gasteiger partial charge in [0, 0.05) is 19.5 Å². The molecule has 7 rings (SSSR count). The Balaban J connectivity index is 0.825. The molecule has 0 radical (unpaired) electrons. The van der Waals surface area contributed by atoms with E-state index in [-0.39, 0.29) is 52.0 Å². The molecule has 5 aromatic rings. The first kappa shape index (κ1) is 57.4. The number of amides is 3. The summed E-state index contributed by atoms with van der Waals surface area (Å²) < 4.78 is 49.5. The first-order valence-corrected chi connectivity index (χ1v) is 27.8. The van der Waals surface area contributed by atoms with Crippen LogP contribution in [0.1, 0.15) is 80.0 Å². The van der Waals surface area contributed by atoms with Crippen LogP contribution in [-0.2, 0) is 59.5 Å². The van der Waals surface area contributed by atoms with Crippen LogP contribution in [0.4, 0.5) is 23.1 Å². The minimum atomic E-state index is -3.58. The molecule has 2 heterocycles. The van der Waals surface area contributed by atoms with Gasteiger partial charge in [-0.05, 0) is 144 Å². The monoisotopic (exact) mass is 1080 g/mol. The van der Waals surface area contributed by atoms with Gasteiger partial charge in [-0.25, -0.2) is 13.4 Å². The van der Waals surface area contributed by atoms with Gasteiger partial charge < -0.3 is 55.7 Å². The standard InChI is InChI=1S/C56H72ClN9O9S/c1-35(2)76(70,71)51-18-11-10-16-47(51)62-52-45(57)33-60-56(65-52)64-48-29-36(3)40(32-50(48)72-7)21-22-59-23-24-73-25-26-74-27-28-75-43-20-19-41-31-49(54(68)63-46-17-12-14-39-13-8-9-15-44(39)46)66(34-42(41)30-43)55(69)38(5)61-53(67)37(4)58-6/h8-11,13,15-16,18-20,29-30,32-33,35,37-38,46,49,58-59H,12,14,17,21-28,31,34H2,1-7H3,(H,61,67)(H,63,68)(H2,60,62,64,65)/t37-,38-,46+,49-/m0/s1. The number of likely N-dealkylation sites (N-methyl/N-ethyl adjacent to an activating group) is 1. The van der Waals surface area contributed by atoms with Crippen molar-refractivity contribution in [3.05, 3.63) is 123 Å². The summed E-state index contributed by atoms with van der Waals surface area (Å²) in [4.78, 5) is 51.6. The van der Waals surface area contributed by atoms with E-state index in [0.717, 1.165) is 53.5 Å². The molecule has 0 unspecified atom stereocenters. The summed E-state index contributed by atoms with van der Waals surface area (Å²) in [5.74, 6) is 0.866. The number of aryl methyl sites for hydroxylation is 2. The number of ether oxygens (including phenoxy) is 4. The van der Waals surface area contributed by atoms with E-state index < -0.39 is 33.2 Å². The highest BCUT2D eigenvalue weighted by Gasteiger charge is 2.38. The molecule has 0 bridgehead atoms. The lowest BCUT2D eigenvalue weighted by Gasteiger charge is -2.39. The van der Waals surface area contributed by atoms with Gasteiger partial charge in [-0.1, -0.05) is 54.1 Å². The first-order valence-electron chi connectivity index (χ1n) is 25.9. The quantitative estimate of drug-likeness (QED) is 0.0309. The van der Waals surface area contributed by atoms with Crippen LogP contribution in [0.3, 0.4) is 0 Å². The Morgan fingerprint density at radius 2 is 1.59 bits per heavy atom. The number of rotatable bonds is 26. The third-order valence-electron chi connectivity index (χ3n) is 13.7. The highest BCUT2D eigenvalue weighted by Crippen LogP contribution is 2.35. The summed E-state index contributed by atoms with van der Waals surface area (Å²) in [7, 11) is -0.302. The average molecular weight is 1080 g/mol. The number of hydrogen-bond acceptors (Lipinski definition) is 15. The zero-order valence-corrected chi connectivity index (χ0v) is 46.0. The van der Waals surface area contributed by atoms with E-state index in [1.54, 1.807) is 71.0 Å². The molecule has 18 nitrogen and oxygen atoms in total. The first-order chi connectivity index (χ1) is 36.6. The van der Waals surface area contributed by atoms with Crippen molar-refractivity contribution in [2.24, 2.45) is 0 Å². The predicted octanol–water partition coefficient (Wildman–Crippen LogP) is 6.92. The summed E-state index contributed by atoms with van der Waals surface area (Å²) in [5, 5.41) is 18.3. The van der Waals surface area contributed by atoms with Gasteiger partial charge in [-0.15, -0.1) is 0 Å². The number of para-hydroxylation sites is 1. The second-order valence-corrected chi connectivity index (χ2v) is 22.2. The van der Waals surface area contributed by atoms with Crippen LogP contribution in [0.5, 0.6) is 11.5 Å². The van der Waals surface area contributed by atoms with Crippen LogP contribution >= 0.6 is 11.6 Å². The van der Waals surface area contributed by atoms with Crippen molar-refractivity contribution in [2.45, 2.75) is 108 Å². The van der Waals surface area contributed by atoms with Gasteiger partial charge in [-0.2, -0.15) is 4.98 Å². The maximum atomic E-state index is 14.1. The van der Waals surface area contributed by atoms with Crippen molar-refractivity contribution >= 4 is 62.3 Å². The Labute approximate surface area is 451 Å². The van der Waals surface area contributed by atoms with E-state index in [2.05, 4.69) is 54.0 Å². The predicted molar refractivity (Wildman–Crippen MR) is 295 cm³/mol. The smallest absolute Gasteiger partial charge is 0.245 e. The average Bonchev–Trinajstić information content (AvgIpc) is 3.42. The Morgan fingerprint density at radius 1 is 0.842 bits per heavy atom. The summed E-state index contributed by atoms with van der Waals surface area (Å²) >= 11 is 6.46. The number of fused-ring (bicyclic) bond motifs is 2. The van der Waals surface area contributed by atoms with Crippen molar-refractivity contribution in [1.82, 2.24) is 36.1 Å². The molecule has 408 valence electrons. The number of benzene rings is 4. The molecule has 0 saturated carbocycles. The molecule has 76 heavy (non-hydrogen) atoms. The van der Waals surface area contributed by atoms with E-state index in [9.17, 15) is 22.8 Å². The maximum absolute atomic E-state index is 14.1. The highest BCUT2D eigenvalue weighted by atomic mass is 35.5. The van der Waals surface area contributed by atoms with Crippen LogP contribution in [0, 0.1) is 6.92 Å². The molecular weight excluding hydrogens is 1010 g/mol. The fraction of sp³-hybridized carbons (Fsp3) is 0.446. The zero-order valence-electron chi connectivity index (χ0n) is 44.5. The third kappa shape index (κ3) is 14.8. The number of aromatic nitrogens is 2. The van der Waals surface area contributed by atoms with Gasteiger partial charge in [0.15, 0.2) is 15.7 Å². The fourth-order valence-corrected chi connectivity index (χ4v) is 10.5. The number of nitrogens with one attached hydrogen (secondary N) is 6. The molecule has 1 aliphatic carbocycles. The third-order valence-corrected chi connectivity index (χ3v) is 16.2. The lowest BCUT2D eigenvalue weighted by atomic mass is 9.87. The number of carbonyl (C=O) groups excluding carboxylic acids is 3. The molecule has 4 atom stereocenters. The van der Waals surface area contributed by atoms with Gasteiger partial charge in [0.1, 0.15) is 35.2 Å². The van der Waals surface area contributed by atoms with Gasteiger partial charge in [-0.3, -0.25) is 14.4 Å². The molecule has 1 aliphatic heterocycles. The Bertz CT molecular complexity index is 2930. The minimum absolute atomic E-state index is 0.140. The summed E-state index contributed by atoms with van der Waals surface area (Å²) in [6.07, 6.45) is 5.28. The lowest BCUT2D eigenvalue weighted by molar-refractivity contribution is -0.144. The number of hydrogen-bond donors (Lipinski definition) is 6. The largest absolute Gasteiger partial charge is 0.495 e. The minimum Gasteiger partial charge on any atom is -0.495 e. The normalized spacial score (nSPS) is 16.0. The van der Waals surface area contributed by atoms with Crippen molar-refractivity contribution in [2.75, 3.05) is 70.9 Å². The summed E-state index contributed by atoms with van der Waals surface area (Å²) in [6, 6.07) is 22.3. The number of anilines is 4. The van der Waals surface area contributed by atoms with Crippen molar-refractivity contribution in [3.8, 4) is 11.5 Å². The van der Waals surface area contributed by atoms with E-state index >= 15 is 0 Å². The Hall–Kier alpha value is -6.35. The molecule has 0 fully saturated rings. The van der Waals surface area contributed by atoms with E-state index in [1.165, 1.54) is 11.8 Å². The van der Waals surface area contributed by atoms with E-state index in [4.69, 9.17) is 30.5 Å². The second-order valence-electron chi connectivity index (χ2n) is 19.3. The fourth-order valence-electron chi connectivity index (χ4n) is 9.20. The van der Waals surface area contributed by atoms with Gasteiger partial charge in [0.2, 0.25) is 23.7 Å². The van der Waals surface area contributed by atoms with Gasteiger partial charge in [0.05, 0.1) is 73.3 Å². The number of halogens is 1. The van der Waals surface area contributed by atoms with Gasteiger partial charge in [0.25, 0.3) is 0 Å². The van der Waals surface area contributed by atoms with Gasteiger partial charge >= 0.3 is 0 Å². The maximum Gasteiger partial charge on any atom is 0.245 e. The van der Waals surface area contributed by atoms with Crippen LogP contribution in [0.25, 0.3) is 0 Å². The molecule has 20 heteroatoms. The second kappa shape index (κ2) is 27.1. The molecular formula is C56H72ClN9O9S. The number of carbonyl (C=O) groups is 3. The summed E-state index contributed by atoms with van der Waals surface area (Å²) in [6.45, 7) is 12.2. The van der Waals surface area contributed by atoms with Crippen LogP contribution in [-0.4, -0.2) is 125 Å². The Kier molecular flexibility index (Phi) is 20.5. The molecule has 2 aliphatic rings. The lowest BCUT2D eigenvalue weighted by Crippen LogP contribution is -2.58. The van der Waals surface area contributed by atoms with Crippen LogP contribution in [0.15, 0.2) is 90.0 Å². The van der Waals surface area contributed by atoms with E-state index in [1.807, 2.05) is 49.4 Å². The van der Waals surface area contributed by atoms with Crippen molar-refractivity contribution in [1.29, 1.82) is 0 Å². The van der Waals surface area contributed by atoms with Crippen LogP contribution < -0.4 is 41.4 Å². The molecule has 1 aromatic heterocycles. The number of nitrogens with zero attached hydrogens (tertiary/aromatic N) is 3. The Morgan fingerprint density at radius 3 is 2.37 bits per heavy atom. The number of methoxy groups -OCH3 is 1. The topological polar surface area (TPSA) is 223 Å². The molecule has 6 N–H and O–H groups in total. The molecule has 0 spiro atoms.